The van der Waals surface area contributed by atoms with Crippen LogP contribution in [0.1, 0.15) is 37.1 Å². The molecular formula is C24H24Cl3N3O5S. The molecule has 0 aliphatic carbocycles. The van der Waals surface area contributed by atoms with Gasteiger partial charge < -0.3 is 19.5 Å². The zero-order valence-corrected chi connectivity index (χ0v) is 23.2. The number of hydrogen-bond acceptors (Lipinski definition) is 9. The van der Waals surface area contributed by atoms with Crippen LogP contribution >= 0.6 is 46.6 Å². The third-order valence-corrected chi connectivity index (χ3v) is 7.00. The number of benzene rings is 1. The molecule has 0 saturated carbocycles. The molecule has 2 unspecified atom stereocenters. The SMILES string of the molecule is CCOC(=O)C1=C(C(OC)c2cc(Cl)nc(SC)n2)NC(C)=C(C(=O)OC)C1c1cccc(Cl)c1Cl. The van der Waals surface area contributed by atoms with E-state index in [2.05, 4.69) is 15.3 Å². The van der Waals surface area contributed by atoms with Crippen molar-refractivity contribution in [2.75, 3.05) is 27.1 Å². The fourth-order valence-electron chi connectivity index (χ4n) is 3.96. The van der Waals surface area contributed by atoms with Crippen molar-refractivity contribution in [1.82, 2.24) is 15.3 Å². The van der Waals surface area contributed by atoms with Gasteiger partial charge in [-0.25, -0.2) is 19.6 Å². The zero-order valence-electron chi connectivity index (χ0n) is 20.1. The minimum atomic E-state index is -0.978. The Hall–Kier alpha value is -2.30. The van der Waals surface area contributed by atoms with Crippen LogP contribution in [-0.2, 0) is 23.8 Å². The average molecular weight is 573 g/mol. The second kappa shape index (κ2) is 12.3. The molecule has 1 aliphatic rings. The van der Waals surface area contributed by atoms with Crippen LogP contribution in [0.5, 0.6) is 0 Å². The minimum absolute atomic E-state index is 0.0927. The first-order valence-electron chi connectivity index (χ1n) is 10.7. The van der Waals surface area contributed by atoms with Crippen molar-refractivity contribution in [3.8, 4) is 0 Å². The summed E-state index contributed by atoms with van der Waals surface area (Å²) in [5.41, 5.74) is 1.83. The van der Waals surface area contributed by atoms with Gasteiger partial charge in [-0.3, -0.25) is 0 Å². The summed E-state index contributed by atoms with van der Waals surface area (Å²) in [5.74, 6) is -2.30. The number of esters is 2. The highest BCUT2D eigenvalue weighted by Crippen LogP contribution is 2.46. The molecule has 2 aromatic rings. The van der Waals surface area contributed by atoms with Crippen LogP contribution in [0.2, 0.25) is 15.2 Å². The number of ether oxygens (including phenoxy) is 3. The Morgan fingerprint density at radius 3 is 2.47 bits per heavy atom. The zero-order chi connectivity index (χ0) is 26.6. The van der Waals surface area contributed by atoms with Crippen LogP contribution in [0, 0.1) is 0 Å². The Labute approximate surface area is 228 Å². The van der Waals surface area contributed by atoms with Gasteiger partial charge in [-0.2, -0.15) is 0 Å². The Morgan fingerprint density at radius 2 is 1.86 bits per heavy atom. The summed E-state index contributed by atoms with van der Waals surface area (Å²) >= 11 is 20.5. The summed E-state index contributed by atoms with van der Waals surface area (Å²) in [4.78, 5) is 35.2. The highest BCUT2D eigenvalue weighted by Gasteiger charge is 2.42. The van der Waals surface area contributed by atoms with Gasteiger partial charge in [0.25, 0.3) is 0 Å². The second-order valence-electron chi connectivity index (χ2n) is 7.50. The molecule has 1 N–H and O–H groups in total. The normalized spacial score (nSPS) is 16.5. The van der Waals surface area contributed by atoms with Crippen LogP contribution in [0.15, 0.2) is 52.0 Å². The molecule has 12 heteroatoms. The quantitative estimate of drug-likeness (QED) is 0.190. The van der Waals surface area contributed by atoms with Gasteiger partial charge in [0, 0.05) is 18.9 Å². The second-order valence-corrected chi connectivity index (χ2v) is 9.44. The van der Waals surface area contributed by atoms with Gasteiger partial charge >= 0.3 is 11.9 Å². The van der Waals surface area contributed by atoms with E-state index in [9.17, 15) is 9.59 Å². The smallest absolute Gasteiger partial charge is 0.336 e. The number of dihydropyridines is 1. The maximum absolute atomic E-state index is 13.5. The lowest BCUT2D eigenvalue weighted by Crippen LogP contribution is -2.36. The van der Waals surface area contributed by atoms with Crippen LogP contribution in [0.3, 0.4) is 0 Å². The van der Waals surface area contributed by atoms with Gasteiger partial charge in [-0.05, 0) is 31.7 Å². The van der Waals surface area contributed by atoms with E-state index in [0.29, 0.717) is 27.8 Å². The van der Waals surface area contributed by atoms with Gasteiger partial charge in [0.05, 0.1) is 52.2 Å². The molecule has 1 aliphatic heterocycles. The summed E-state index contributed by atoms with van der Waals surface area (Å²) in [7, 11) is 2.72. The van der Waals surface area contributed by atoms with Crippen molar-refractivity contribution < 1.29 is 23.8 Å². The molecule has 8 nitrogen and oxygen atoms in total. The summed E-state index contributed by atoms with van der Waals surface area (Å²) in [6, 6.07) is 6.53. The van der Waals surface area contributed by atoms with Gasteiger partial charge in [-0.15, -0.1) is 0 Å². The molecule has 0 bridgehead atoms. The highest BCUT2D eigenvalue weighted by atomic mass is 35.5. The predicted molar refractivity (Wildman–Crippen MR) is 139 cm³/mol. The maximum atomic E-state index is 13.5. The molecule has 0 spiro atoms. The first-order chi connectivity index (χ1) is 17.2. The molecule has 0 radical (unpaired) electrons. The predicted octanol–water partition coefficient (Wildman–Crippen LogP) is 5.50. The summed E-state index contributed by atoms with van der Waals surface area (Å²) in [5, 5.41) is 4.23. The number of thioether (sulfide) groups is 1. The molecule has 0 amide bonds. The fraction of sp³-hybridized carbons (Fsp3) is 0.333. The van der Waals surface area contributed by atoms with E-state index >= 15 is 0 Å². The number of halogens is 3. The van der Waals surface area contributed by atoms with Crippen LogP contribution in [0.25, 0.3) is 0 Å². The molecule has 1 aromatic carbocycles. The molecule has 192 valence electrons. The van der Waals surface area contributed by atoms with E-state index in [1.807, 2.05) is 6.26 Å². The summed E-state index contributed by atoms with van der Waals surface area (Å²) in [6.07, 6.45) is 0.914. The number of carbonyl (C=O) groups excluding carboxylic acids is 2. The lowest BCUT2D eigenvalue weighted by atomic mass is 9.79. The third-order valence-electron chi connectivity index (χ3n) is 5.43. The molecular weight excluding hydrogens is 549 g/mol. The minimum Gasteiger partial charge on any atom is -0.466 e. The molecule has 2 atom stereocenters. The lowest BCUT2D eigenvalue weighted by molar-refractivity contribution is -0.139. The third kappa shape index (κ3) is 5.65. The highest BCUT2D eigenvalue weighted by molar-refractivity contribution is 7.98. The van der Waals surface area contributed by atoms with Crippen molar-refractivity contribution in [3.05, 3.63) is 73.3 Å². The number of carbonyl (C=O) groups is 2. The van der Waals surface area contributed by atoms with Gasteiger partial charge in [-0.1, -0.05) is 58.7 Å². The largest absolute Gasteiger partial charge is 0.466 e. The number of allylic oxidation sites excluding steroid dienone is 1. The molecule has 36 heavy (non-hydrogen) atoms. The Balaban J connectivity index is 2.38. The maximum Gasteiger partial charge on any atom is 0.336 e. The number of hydrogen-bond donors (Lipinski definition) is 1. The van der Waals surface area contributed by atoms with Crippen molar-refractivity contribution in [2.24, 2.45) is 0 Å². The van der Waals surface area contributed by atoms with E-state index in [0.717, 1.165) is 0 Å². The van der Waals surface area contributed by atoms with Crippen molar-refractivity contribution in [2.45, 2.75) is 31.0 Å². The topological polar surface area (TPSA) is 99.6 Å². The summed E-state index contributed by atoms with van der Waals surface area (Å²) in [6.45, 7) is 3.46. The molecule has 0 fully saturated rings. The van der Waals surface area contributed by atoms with Gasteiger partial charge in [0.2, 0.25) is 0 Å². The molecule has 0 saturated heterocycles. The number of aromatic nitrogens is 2. The Kier molecular flexibility index (Phi) is 9.66. The van der Waals surface area contributed by atoms with E-state index < -0.39 is 24.0 Å². The van der Waals surface area contributed by atoms with Crippen molar-refractivity contribution >= 4 is 58.5 Å². The van der Waals surface area contributed by atoms with Crippen LogP contribution in [0.4, 0.5) is 0 Å². The number of methoxy groups -OCH3 is 2. The number of nitrogens with zero attached hydrogens (tertiary/aromatic N) is 2. The molecule has 3 rings (SSSR count). The number of nitrogens with one attached hydrogen (secondary N) is 1. The van der Waals surface area contributed by atoms with E-state index in [1.54, 1.807) is 38.1 Å². The summed E-state index contributed by atoms with van der Waals surface area (Å²) < 4.78 is 16.3. The molecule has 2 heterocycles. The van der Waals surface area contributed by atoms with E-state index in [4.69, 9.17) is 49.0 Å². The average Bonchev–Trinajstić information content (AvgIpc) is 2.85. The Bertz CT molecular complexity index is 1250. The number of rotatable bonds is 8. The van der Waals surface area contributed by atoms with Crippen molar-refractivity contribution in [3.63, 3.8) is 0 Å². The first-order valence-corrected chi connectivity index (χ1v) is 13.1. The van der Waals surface area contributed by atoms with Crippen molar-refractivity contribution in [1.29, 1.82) is 0 Å². The van der Waals surface area contributed by atoms with Crippen LogP contribution < -0.4 is 5.32 Å². The first kappa shape index (κ1) is 28.3. The van der Waals surface area contributed by atoms with E-state index in [1.165, 1.54) is 26.0 Å². The van der Waals surface area contributed by atoms with Crippen LogP contribution in [-0.4, -0.2) is 49.0 Å². The standard InChI is InChI=1S/C24H24Cl3N3O5S/c1-6-35-23(32)18-17(12-8-7-9-13(25)19(12)27)16(22(31)34-4)11(2)28-20(18)21(33-3)14-10-15(26)30-24(29-14)36-5/h7-10,17,21,28H,6H2,1-5H3. The molecule has 1 aromatic heterocycles. The van der Waals surface area contributed by atoms with E-state index in [-0.39, 0.29) is 33.0 Å². The lowest BCUT2D eigenvalue weighted by Gasteiger charge is -2.34. The Morgan fingerprint density at radius 1 is 1.14 bits per heavy atom. The fourth-order valence-corrected chi connectivity index (χ4v) is 5.00. The monoisotopic (exact) mass is 571 g/mol. The van der Waals surface area contributed by atoms with Gasteiger partial charge in [0.15, 0.2) is 5.16 Å². The van der Waals surface area contributed by atoms with Gasteiger partial charge in [0.1, 0.15) is 11.3 Å².